The Balaban J connectivity index is 2.36. The van der Waals surface area contributed by atoms with Gasteiger partial charge in [0.1, 0.15) is 0 Å². The van der Waals surface area contributed by atoms with Gasteiger partial charge in [0.2, 0.25) is 0 Å². The number of amides is 1. The van der Waals surface area contributed by atoms with E-state index >= 15 is 0 Å². The molecular weight excluding hydrogens is 314 g/mol. The minimum absolute atomic E-state index is 0.0224. The molecule has 124 valence electrons. The van der Waals surface area contributed by atoms with E-state index in [1.165, 1.54) is 6.07 Å². The second-order valence-electron chi connectivity index (χ2n) is 5.41. The number of carbonyl (C=O) groups is 1. The van der Waals surface area contributed by atoms with Crippen LogP contribution in [0.5, 0.6) is 0 Å². The lowest BCUT2D eigenvalue weighted by Crippen LogP contribution is -2.14. The largest absolute Gasteiger partial charge is 0.346 e. The molecule has 0 aliphatic rings. The van der Waals surface area contributed by atoms with Crippen LogP contribution in [0.4, 0.5) is 17.1 Å². The lowest BCUT2D eigenvalue weighted by molar-refractivity contribution is -0.422. The maximum absolute atomic E-state index is 12.3. The van der Waals surface area contributed by atoms with Crippen molar-refractivity contribution < 1.29 is 14.6 Å². The third-order valence-corrected chi connectivity index (χ3v) is 3.46. The Morgan fingerprint density at radius 3 is 2.21 bits per heavy atom. The van der Waals surface area contributed by atoms with Crippen LogP contribution in [-0.2, 0) is 0 Å². The van der Waals surface area contributed by atoms with Crippen LogP contribution < -0.4 is 5.32 Å². The average Bonchev–Trinajstić information content (AvgIpc) is 2.54. The first-order valence-electron chi connectivity index (χ1n) is 7.14. The molecule has 1 N–H and O–H groups in total. The minimum Gasteiger partial charge on any atom is -0.322 e. The molecule has 8 nitrogen and oxygen atoms in total. The maximum Gasteiger partial charge on any atom is 0.346 e. The second-order valence-corrected chi connectivity index (χ2v) is 5.41. The lowest BCUT2D eigenvalue weighted by Gasteiger charge is -2.13. The highest BCUT2D eigenvalue weighted by Gasteiger charge is 2.25. The van der Waals surface area contributed by atoms with Gasteiger partial charge in [-0.05, 0) is 23.6 Å². The summed E-state index contributed by atoms with van der Waals surface area (Å²) in [5, 5.41) is 24.5. The molecule has 0 bridgehead atoms. The molecule has 0 spiro atoms. The lowest BCUT2D eigenvalue weighted by atomic mass is 10.0. The fourth-order valence-corrected chi connectivity index (χ4v) is 2.27. The third-order valence-electron chi connectivity index (χ3n) is 3.46. The first-order valence-corrected chi connectivity index (χ1v) is 7.14. The number of anilines is 1. The molecule has 2 aromatic carbocycles. The zero-order chi connectivity index (χ0) is 17.9. The van der Waals surface area contributed by atoms with Gasteiger partial charge in [-0.3, -0.25) is 25.0 Å². The van der Waals surface area contributed by atoms with Crippen LogP contribution in [0.15, 0.2) is 42.5 Å². The van der Waals surface area contributed by atoms with Crippen LogP contribution in [0.3, 0.4) is 0 Å². The molecule has 0 radical (unpaired) electrons. The van der Waals surface area contributed by atoms with Gasteiger partial charge in [-0.2, -0.15) is 0 Å². The SMILES string of the molecule is CC(C)c1ccccc1NC(=O)c1ccc([N+](=O)[O-])c([N+](=O)[O-])c1. The quantitative estimate of drug-likeness (QED) is 0.660. The van der Waals surface area contributed by atoms with Gasteiger partial charge < -0.3 is 5.32 Å². The smallest absolute Gasteiger partial charge is 0.322 e. The highest BCUT2D eigenvalue weighted by Crippen LogP contribution is 2.29. The molecule has 0 heterocycles. The standard InChI is InChI=1S/C16H15N3O5/c1-10(2)12-5-3-4-6-13(12)17-16(20)11-7-8-14(18(21)22)15(9-11)19(23)24/h3-10H,1-2H3,(H,17,20). The van der Waals surface area contributed by atoms with E-state index < -0.39 is 27.1 Å². The first kappa shape index (κ1) is 17.1. The van der Waals surface area contributed by atoms with Gasteiger partial charge in [-0.15, -0.1) is 0 Å². The summed E-state index contributed by atoms with van der Waals surface area (Å²) in [7, 11) is 0. The Morgan fingerprint density at radius 2 is 1.62 bits per heavy atom. The molecule has 0 aromatic heterocycles. The molecule has 0 atom stereocenters. The highest BCUT2D eigenvalue weighted by molar-refractivity contribution is 6.05. The van der Waals surface area contributed by atoms with E-state index in [-0.39, 0.29) is 11.5 Å². The molecule has 1 amide bonds. The molecule has 0 saturated heterocycles. The Hall–Kier alpha value is -3.29. The van der Waals surface area contributed by atoms with Crippen molar-refractivity contribution in [3.63, 3.8) is 0 Å². The molecule has 8 heteroatoms. The number of nitro groups is 2. The van der Waals surface area contributed by atoms with Crippen molar-refractivity contribution in [2.75, 3.05) is 5.32 Å². The molecule has 0 aliphatic carbocycles. The van der Waals surface area contributed by atoms with Crippen molar-refractivity contribution in [2.24, 2.45) is 0 Å². The molecule has 2 aromatic rings. The summed E-state index contributed by atoms with van der Waals surface area (Å²) in [4.78, 5) is 32.4. The summed E-state index contributed by atoms with van der Waals surface area (Å²) in [6, 6.07) is 10.3. The van der Waals surface area contributed by atoms with Crippen molar-refractivity contribution in [3.8, 4) is 0 Å². The Bertz CT molecular complexity index is 817. The summed E-state index contributed by atoms with van der Waals surface area (Å²) in [6.45, 7) is 3.95. The predicted molar refractivity (Wildman–Crippen MR) is 88.2 cm³/mol. The summed E-state index contributed by atoms with van der Waals surface area (Å²) in [6.07, 6.45) is 0. The number of para-hydroxylation sites is 1. The maximum atomic E-state index is 12.3. The zero-order valence-electron chi connectivity index (χ0n) is 13.1. The van der Waals surface area contributed by atoms with Gasteiger partial charge >= 0.3 is 11.4 Å². The monoisotopic (exact) mass is 329 g/mol. The molecule has 0 saturated carbocycles. The summed E-state index contributed by atoms with van der Waals surface area (Å²) >= 11 is 0. The number of hydrogen-bond donors (Lipinski definition) is 1. The predicted octanol–water partition coefficient (Wildman–Crippen LogP) is 3.88. The first-order chi connectivity index (χ1) is 11.3. The van der Waals surface area contributed by atoms with Crippen LogP contribution in [0, 0.1) is 20.2 Å². The van der Waals surface area contributed by atoms with Crippen molar-refractivity contribution in [1.29, 1.82) is 0 Å². The van der Waals surface area contributed by atoms with Crippen LogP contribution in [0.25, 0.3) is 0 Å². The Labute approximate surface area is 137 Å². The third kappa shape index (κ3) is 3.54. The number of nitro benzene ring substituents is 2. The van der Waals surface area contributed by atoms with E-state index in [4.69, 9.17) is 0 Å². The van der Waals surface area contributed by atoms with Crippen LogP contribution in [0.2, 0.25) is 0 Å². The number of benzene rings is 2. The van der Waals surface area contributed by atoms with E-state index in [1.54, 1.807) is 12.1 Å². The summed E-state index contributed by atoms with van der Waals surface area (Å²) < 4.78 is 0. The molecule has 24 heavy (non-hydrogen) atoms. The van der Waals surface area contributed by atoms with Crippen LogP contribution in [-0.4, -0.2) is 15.8 Å². The fourth-order valence-electron chi connectivity index (χ4n) is 2.27. The number of rotatable bonds is 5. The van der Waals surface area contributed by atoms with Gasteiger partial charge in [0, 0.05) is 23.4 Å². The van der Waals surface area contributed by atoms with Crippen molar-refractivity contribution in [1.82, 2.24) is 0 Å². The Kier molecular flexibility index (Phi) is 4.88. The van der Waals surface area contributed by atoms with E-state index in [1.807, 2.05) is 26.0 Å². The van der Waals surface area contributed by atoms with Crippen molar-refractivity contribution in [3.05, 3.63) is 73.8 Å². The van der Waals surface area contributed by atoms with Gasteiger partial charge in [0.25, 0.3) is 5.91 Å². The van der Waals surface area contributed by atoms with E-state index in [2.05, 4.69) is 5.32 Å². The number of hydrogen-bond acceptors (Lipinski definition) is 5. The number of nitrogens with one attached hydrogen (secondary N) is 1. The zero-order valence-corrected chi connectivity index (χ0v) is 13.1. The molecular formula is C16H15N3O5. The molecule has 0 unspecified atom stereocenters. The van der Waals surface area contributed by atoms with Gasteiger partial charge in [0.15, 0.2) is 0 Å². The van der Waals surface area contributed by atoms with E-state index in [0.29, 0.717) is 5.69 Å². The molecule has 2 rings (SSSR count). The summed E-state index contributed by atoms with van der Waals surface area (Å²) in [5.74, 6) is -0.395. The van der Waals surface area contributed by atoms with Gasteiger partial charge in [-0.25, -0.2) is 0 Å². The van der Waals surface area contributed by atoms with Crippen LogP contribution in [0.1, 0.15) is 35.7 Å². The van der Waals surface area contributed by atoms with E-state index in [9.17, 15) is 25.0 Å². The highest BCUT2D eigenvalue weighted by atomic mass is 16.6. The van der Waals surface area contributed by atoms with Gasteiger partial charge in [0.05, 0.1) is 9.85 Å². The minimum atomic E-state index is -0.878. The van der Waals surface area contributed by atoms with Crippen LogP contribution >= 0.6 is 0 Å². The number of nitrogens with zero attached hydrogens (tertiary/aromatic N) is 2. The number of carbonyl (C=O) groups excluding carboxylic acids is 1. The van der Waals surface area contributed by atoms with E-state index in [0.717, 1.165) is 17.7 Å². The summed E-state index contributed by atoms with van der Waals surface area (Å²) in [5.41, 5.74) is 0.121. The average molecular weight is 329 g/mol. The van der Waals surface area contributed by atoms with Gasteiger partial charge in [-0.1, -0.05) is 32.0 Å². The normalized spacial score (nSPS) is 10.5. The second kappa shape index (κ2) is 6.86. The Morgan fingerprint density at radius 1 is 1.00 bits per heavy atom. The fraction of sp³-hybridized carbons (Fsp3) is 0.188. The van der Waals surface area contributed by atoms with Crippen molar-refractivity contribution >= 4 is 23.0 Å². The molecule has 0 fully saturated rings. The van der Waals surface area contributed by atoms with Crippen molar-refractivity contribution in [2.45, 2.75) is 19.8 Å². The topological polar surface area (TPSA) is 115 Å². The molecule has 0 aliphatic heterocycles.